The van der Waals surface area contributed by atoms with Gasteiger partial charge < -0.3 is 15.4 Å². The maximum absolute atomic E-state index is 12.9. The molecule has 37 heavy (non-hydrogen) atoms. The molecule has 188 valence electrons. The smallest absolute Gasteiger partial charge is 0.342 e. The highest BCUT2D eigenvalue weighted by atomic mass is 16.5. The summed E-state index contributed by atoms with van der Waals surface area (Å²) in [6, 6.07) is 21.4. The minimum atomic E-state index is -0.670. The first-order chi connectivity index (χ1) is 18.0. The summed E-state index contributed by atoms with van der Waals surface area (Å²) in [5, 5.41) is 9.86. The second-order valence-corrected chi connectivity index (χ2v) is 8.23. The number of anilines is 1. The molecule has 0 bridgehead atoms. The molecule has 1 atom stereocenters. The molecule has 4 rings (SSSR count). The summed E-state index contributed by atoms with van der Waals surface area (Å²) < 4.78 is 6.82. The molecule has 0 aliphatic rings. The molecule has 2 heterocycles. The van der Waals surface area contributed by atoms with Crippen LogP contribution in [0, 0.1) is 0 Å². The van der Waals surface area contributed by atoms with E-state index in [-0.39, 0.29) is 17.5 Å². The number of nitrogens with zero attached hydrogens (tertiary/aromatic N) is 3. The van der Waals surface area contributed by atoms with E-state index in [1.807, 2.05) is 50.2 Å². The number of carbonyl (C=O) groups is 3. The van der Waals surface area contributed by atoms with Gasteiger partial charge in [0, 0.05) is 6.20 Å². The van der Waals surface area contributed by atoms with E-state index in [1.165, 1.54) is 6.20 Å². The Labute approximate surface area is 214 Å². The number of rotatable bonds is 9. The highest BCUT2D eigenvalue weighted by molar-refractivity contribution is 6.04. The average Bonchev–Trinajstić information content (AvgIpc) is 3.37. The first-order valence-electron chi connectivity index (χ1n) is 11.9. The third-order valence-corrected chi connectivity index (χ3v) is 5.72. The van der Waals surface area contributed by atoms with Gasteiger partial charge in [-0.05, 0) is 43.2 Å². The second kappa shape index (κ2) is 11.8. The van der Waals surface area contributed by atoms with Gasteiger partial charge in [-0.25, -0.2) is 14.5 Å². The van der Waals surface area contributed by atoms with Crippen LogP contribution >= 0.6 is 0 Å². The van der Waals surface area contributed by atoms with Crippen LogP contribution in [-0.2, 0) is 16.0 Å². The van der Waals surface area contributed by atoms with Crippen LogP contribution in [-0.4, -0.2) is 39.2 Å². The summed E-state index contributed by atoms with van der Waals surface area (Å²) in [6.07, 6.45) is 3.55. The summed E-state index contributed by atoms with van der Waals surface area (Å²) in [4.78, 5) is 42.5. The van der Waals surface area contributed by atoms with Crippen LogP contribution in [0.3, 0.4) is 0 Å². The van der Waals surface area contributed by atoms with Crippen LogP contribution < -0.4 is 10.6 Å². The molecule has 0 radical (unpaired) electrons. The zero-order valence-corrected chi connectivity index (χ0v) is 20.5. The van der Waals surface area contributed by atoms with Gasteiger partial charge in [-0.1, -0.05) is 55.5 Å². The summed E-state index contributed by atoms with van der Waals surface area (Å²) in [7, 11) is 0. The molecule has 0 fully saturated rings. The Morgan fingerprint density at radius 2 is 1.68 bits per heavy atom. The van der Waals surface area contributed by atoms with Crippen molar-refractivity contribution < 1.29 is 19.1 Å². The molecule has 0 aliphatic carbocycles. The van der Waals surface area contributed by atoms with Crippen LogP contribution in [0.25, 0.3) is 5.82 Å². The summed E-state index contributed by atoms with van der Waals surface area (Å²) in [5.74, 6) is -0.997. The highest BCUT2D eigenvalue weighted by Crippen LogP contribution is 2.19. The molecule has 2 amide bonds. The Bertz CT molecular complexity index is 1390. The topological polar surface area (TPSA) is 115 Å². The zero-order chi connectivity index (χ0) is 26.2. The van der Waals surface area contributed by atoms with Crippen LogP contribution in [0.2, 0.25) is 0 Å². The van der Waals surface area contributed by atoms with E-state index < -0.39 is 18.5 Å². The molecule has 9 heteroatoms. The number of amides is 2. The Morgan fingerprint density at radius 3 is 2.41 bits per heavy atom. The maximum atomic E-state index is 12.9. The fraction of sp³-hybridized carbons (Fsp3) is 0.179. The Hall–Kier alpha value is -4.79. The standard InChI is InChI=1S/C28H27N5O4/c1-3-24-22(17-30-33(24)25-15-9-10-16-29-25)28(36)37-18-26(34)32-23-14-8-7-13-21(23)27(35)31-19(2)20-11-5-4-6-12-20/h4-17,19H,3,18H2,1-2H3,(H,31,35)(H,32,34)/t19-/m0/s1. The van der Waals surface area contributed by atoms with Crippen molar-refractivity contribution in [2.24, 2.45) is 0 Å². The van der Waals surface area contributed by atoms with Gasteiger partial charge in [0.15, 0.2) is 12.4 Å². The van der Waals surface area contributed by atoms with Gasteiger partial charge in [0.1, 0.15) is 5.56 Å². The molecular weight excluding hydrogens is 470 g/mol. The number of hydrogen-bond donors (Lipinski definition) is 2. The van der Waals surface area contributed by atoms with Crippen molar-refractivity contribution in [3.63, 3.8) is 0 Å². The number of para-hydroxylation sites is 1. The average molecular weight is 498 g/mol. The van der Waals surface area contributed by atoms with E-state index in [9.17, 15) is 14.4 Å². The van der Waals surface area contributed by atoms with Crippen molar-refractivity contribution in [1.29, 1.82) is 0 Å². The molecule has 0 saturated carbocycles. The first kappa shape index (κ1) is 25.3. The lowest BCUT2D eigenvalue weighted by molar-refractivity contribution is -0.119. The third kappa shape index (κ3) is 6.07. The van der Waals surface area contributed by atoms with Gasteiger partial charge in [-0.15, -0.1) is 0 Å². The van der Waals surface area contributed by atoms with Crippen molar-refractivity contribution >= 4 is 23.5 Å². The van der Waals surface area contributed by atoms with Crippen LogP contribution in [0.1, 0.15) is 51.9 Å². The van der Waals surface area contributed by atoms with Gasteiger partial charge in [-0.2, -0.15) is 5.10 Å². The second-order valence-electron chi connectivity index (χ2n) is 8.23. The van der Waals surface area contributed by atoms with Gasteiger partial charge >= 0.3 is 5.97 Å². The SMILES string of the molecule is CCc1c(C(=O)OCC(=O)Nc2ccccc2C(=O)N[C@@H](C)c2ccccc2)cnn1-c1ccccn1. The monoisotopic (exact) mass is 497 g/mol. The number of benzene rings is 2. The van der Waals surface area contributed by atoms with Crippen molar-refractivity contribution in [2.45, 2.75) is 26.3 Å². The molecule has 0 spiro atoms. The number of nitrogens with one attached hydrogen (secondary N) is 2. The van der Waals surface area contributed by atoms with Crippen LogP contribution in [0.4, 0.5) is 5.69 Å². The maximum Gasteiger partial charge on any atom is 0.342 e. The predicted octanol–water partition coefficient (Wildman–Crippen LogP) is 4.12. The van der Waals surface area contributed by atoms with Gasteiger partial charge in [0.25, 0.3) is 11.8 Å². The van der Waals surface area contributed by atoms with Gasteiger partial charge in [0.05, 0.1) is 29.2 Å². The molecule has 0 saturated heterocycles. The largest absolute Gasteiger partial charge is 0.452 e. The lowest BCUT2D eigenvalue weighted by Crippen LogP contribution is -2.28. The quantitative estimate of drug-likeness (QED) is 0.336. The Kier molecular flexibility index (Phi) is 8.05. The van der Waals surface area contributed by atoms with Crippen molar-refractivity contribution in [3.05, 3.63) is 108 Å². The van der Waals surface area contributed by atoms with E-state index in [0.717, 1.165) is 5.56 Å². The Balaban J connectivity index is 1.39. The Morgan fingerprint density at radius 1 is 0.946 bits per heavy atom. The van der Waals surface area contributed by atoms with Gasteiger partial charge in [0.2, 0.25) is 0 Å². The van der Waals surface area contributed by atoms with E-state index in [2.05, 4.69) is 20.7 Å². The lowest BCUT2D eigenvalue weighted by atomic mass is 10.1. The molecule has 2 N–H and O–H groups in total. The third-order valence-electron chi connectivity index (χ3n) is 5.72. The fourth-order valence-corrected chi connectivity index (χ4v) is 3.85. The van der Waals surface area contributed by atoms with Crippen molar-refractivity contribution in [2.75, 3.05) is 11.9 Å². The summed E-state index contributed by atoms with van der Waals surface area (Å²) in [6.45, 7) is 3.25. The summed E-state index contributed by atoms with van der Waals surface area (Å²) >= 11 is 0. The molecular formula is C28H27N5O4. The fourth-order valence-electron chi connectivity index (χ4n) is 3.85. The molecule has 9 nitrogen and oxygen atoms in total. The lowest BCUT2D eigenvalue weighted by Gasteiger charge is -2.16. The molecule has 0 unspecified atom stereocenters. The van der Waals surface area contributed by atoms with Crippen molar-refractivity contribution in [3.8, 4) is 5.82 Å². The van der Waals surface area contributed by atoms with E-state index in [0.29, 0.717) is 29.2 Å². The van der Waals surface area contributed by atoms with E-state index in [1.54, 1.807) is 47.3 Å². The van der Waals surface area contributed by atoms with Crippen molar-refractivity contribution in [1.82, 2.24) is 20.1 Å². The minimum Gasteiger partial charge on any atom is -0.452 e. The number of esters is 1. The number of pyridine rings is 1. The molecule has 2 aromatic carbocycles. The zero-order valence-electron chi connectivity index (χ0n) is 20.5. The molecule has 0 aliphatic heterocycles. The van der Waals surface area contributed by atoms with Crippen LogP contribution in [0.5, 0.6) is 0 Å². The van der Waals surface area contributed by atoms with Crippen LogP contribution in [0.15, 0.2) is 85.2 Å². The molecule has 2 aromatic heterocycles. The first-order valence-corrected chi connectivity index (χ1v) is 11.9. The predicted molar refractivity (Wildman–Crippen MR) is 138 cm³/mol. The van der Waals surface area contributed by atoms with Gasteiger partial charge in [-0.3, -0.25) is 9.59 Å². The van der Waals surface area contributed by atoms with E-state index in [4.69, 9.17) is 4.74 Å². The number of carbonyl (C=O) groups excluding carboxylic acids is 3. The highest BCUT2D eigenvalue weighted by Gasteiger charge is 2.21. The molecule has 4 aromatic rings. The number of aromatic nitrogens is 3. The minimum absolute atomic E-state index is 0.224. The number of ether oxygens (including phenoxy) is 1. The number of hydrogen-bond acceptors (Lipinski definition) is 6. The van der Waals surface area contributed by atoms with E-state index >= 15 is 0 Å². The normalized spacial score (nSPS) is 11.4. The summed E-state index contributed by atoms with van der Waals surface area (Å²) in [5.41, 5.74) is 2.46.